The number of benzene rings is 2. The van der Waals surface area contributed by atoms with Crippen molar-refractivity contribution in [2.45, 2.75) is 24.1 Å². The molecular formula is C23H17ClF2N4O4S. The van der Waals surface area contributed by atoms with Crippen LogP contribution in [0.15, 0.2) is 59.6 Å². The van der Waals surface area contributed by atoms with Crippen molar-refractivity contribution in [3.63, 3.8) is 0 Å². The van der Waals surface area contributed by atoms with Crippen molar-refractivity contribution in [2.75, 3.05) is 0 Å². The van der Waals surface area contributed by atoms with Crippen LogP contribution in [0.5, 0.6) is 0 Å². The summed E-state index contributed by atoms with van der Waals surface area (Å²) >= 11 is 6.10. The number of aromatic nitrogens is 3. The number of sulfone groups is 1. The van der Waals surface area contributed by atoms with Crippen molar-refractivity contribution < 1.29 is 26.8 Å². The van der Waals surface area contributed by atoms with Crippen molar-refractivity contribution >= 4 is 38.8 Å². The van der Waals surface area contributed by atoms with Crippen LogP contribution in [0, 0.1) is 11.6 Å². The minimum Gasteiger partial charge on any atom is -0.347 e. The Labute approximate surface area is 203 Å². The van der Waals surface area contributed by atoms with Crippen molar-refractivity contribution in [1.29, 1.82) is 0 Å². The van der Waals surface area contributed by atoms with Crippen LogP contribution in [0.2, 0.25) is 5.02 Å². The molecule has 0 unspecified atom stereocenters. The van der Waals surface area contributed by atoms with E-state index in [0.29, 0.717) is 5.56 Å². The highest BCUT2D eigenvalue weighted by Crippen LogP contribution is 2.25. The summed E-state index contributed by atoms with van der Waals surface area (Å²) in [5.74, 6) is -3.77. The summed E-state index contributed by atoms with van der Waals surface area (Å²) in [6.07, 6.45) is 1.06. The fraction of sp³-hybridized carbons (Fsp3) is 0.130. The number of Topliss-reactive ketones (excluding diaryl/α,β-unsaturated/α-hetero) is 1. The number of halogens is 3. The third kappa shape index (κ3) is 5.05. The average Bonchev–Trinajstić information content (AvgIpc) is 3.25. The molecule has 1 amide bonds. The molecule has 0 aliphatic carbocycles. The van der Waals surface area contributed by atoms with E-state index in [4.69, 9.17) is 11.6 Å². The number of nitrogens with zero attached hydrogens (tertiary/aromatic N) is 3. The zero-order valence-electron chi connectivity index (χ0n) is 18.1. The fourth-order valence-corrected chi connectivity index (χ4v) is 5.07. The molecule has 0 radical (unpaired) electrons. The van der Waals surface area contributed by atoms with E-state index in [-0.39, 0.29) is 39.1 Å². The van der Waals surface area contributed by atoms with Crippen LogP contribution in [0.1, 0.15) is 39.0 Å². The summed E-state index contributed by atoms with van der Waals surface area (Å²) in [6, 6.07) is 10.8. The first kappa shape index (κ1) is 24.4. The standard InChI is InChI=1S/C23H17ClF2N4O4S/c1-13(31)20-9-19(23(32)27-10-14-6-7-17(25)18(26)8-14)29-22-21(11-28-30(20)22)35(33,34)12-15-4-2-3-5-16(15)24/h2-9,11H,10,12H2,1H3,(H,27,32). The van der Waals surface area contributed by atoms with Gasteiger partial charge < -0.3 is 5.32 Å². The van der Waals surface area contributed by atoms with E-state index in [9.17, 15) is 26.8 Å². The predicted molar refractivity (Wildman–Crippen MR) is 123 cm³/mol. The van der Waals surface area contributed by atoms with Gasteiger partial charge in [0.2, 0.25) is 0 Å². The highest BCUT2D eigenvalue weighted by Gasteiger charge is 2.26. The minimum atomic E-state index is -4.02. The van der Waals surface area contributed by atoms with Gasteiger partial charge in [0.15, 0.2) is 32.9 Å². The molecule has 180 valence electrons. The highest BCUT2D eigenvalue weighted by molar-refractivity contribution is 7.90. The van der Waals surface area contributed by atoms with Crippen LogP contribution in [-0.4, -0.2) is 34.7 Å². The first-order valence-electron chi connectivity index (χ1n) is 10.1. The number of hydrogen-bond acceptors (Lipinski definition) is 6. The quantitative estimate of drug-likeness (QED) is 0.373. The molecule has 4 aromatic rings. The van der Waals surface area contributed by atoms with E-state index < -0.39 is 38.9 Å². The van der Waals surface area contributed by atoms with Gasteiger partial charge in [-0.1, -0.05) is 35.9 Å². The van der Waals surface area contributed by atoms with Crippen molar-refractivity contribution in [3.05, 3.63) is 93.9 Å². The second-order valence-corrected chi connectivity index (χ2v) is 9.97. The lowest BCUT2D eigenvalue weighted by Crippen LogP contribution is -2.25. The zero-order chi connectivity index (χ0) is 25.3. The Bertz CT molecular complexity index is 1590. The van der Waals surface area contributed by atoms with Gasteiger partial charge in [-0.15, -0.1) is 0 Å². The highest BCUT2D eigenvalue weighted by atomic mass is 35.5. The summed E-state index contributed by atoms with van der Waals surface area (Å²) in [5.41, 5.74) is 0.132. The van der Waals surface area contributed by atoms with Crippen molar-refractivity contribution in [2.24, 2.45) is 0 Å². The van der Waals surface area contributed by atoms with Gasteiger partial charge in [-0.05, 0) is 35.4 Å². The van der Waals surface area contributed by atoms with Gasteiger partial charge in [0.1, 0.15) is 16.3 Å². The number of rotatable bonds is 7. The van der Waals surface area contributed by atoms with Gasteiger partial charge in [-0.25, -0.2) is 26.7 Å². The number of fused-ring (bicyclic) bond motifs is 1. The first-order chi connectivity index (χ1) is 16.6. The van der Waals surface area contributed by atoms with E-state index in [0.717, 1.165) is 22.8 Å². The fourth-order valence-electron chi connectivity index (χ4n) is 3.35. The van der Waals surface area contributed by atoms with Gasteiger partial charge in [0.25, 0.3) is 5.91 Å². The molecule has 2 aromatic carbocycles. The molecule has 0 saturated heterocycles. The molecular weight excluding hydrogens is 502 g/mol. The lowest BCUT2D eigenvalue weighted by Gasteiger charge is -2.09. The maximum Gasteiger partial charge on any atom is 0.270 e. The summed E-state index contributed by atoms with van der Waals surface area (Å²) in [4.78, 5) is 28.8. The monoisotopic (exact) mass is 518 g/mol. The molecule has 0 aliphatic heterocycles. The molecule has 2 aromatic heterocycles. The zero-order valence-corrected chi connectivity index (χ0v) is 19.7. The number of amides is 1. The summed E-state index contributed by atoms with van der Waals surface area (Å²) in [6.45, 7) is 1.08. The molecule has 2 heterocycles. The Hall–Kier alpha value is -3.70. The predicted octanol–water partition coefficient (Wildman–Crippen LogP) is 3.77. The van der Waals surface area contributed by atoms with Crippen LogP contribution in [-0.2, 0) is 22.1 Å². The Kier molecular flexibility index (Phi) is 6.64. The van der Waals surface area contributed by atoms with E-state index >= 15 is 0 Å². The molecule has 0 atom stereocenters. The van der Waals surface area contributed by atoms with E-state index in [1.54, 1.807) is 24.3 Å². The third-order valence-electron chi connectivity index (χ3n) is 5.11. The Morgan fingerprint density at radius 1 is 1.09 bits per heavy atom. The summed E-state index contributed by atoms with van der Waals surface area (Å²) in [7, 11) is -4.02. The molecule has 8 nitrogen and oxygen atoms in total. The minimum absolute atomic E-state index is 0.0628. The second-order valence-electron chi connectivity index (χ2n) is 7.61. The molecule has 1 N–H and O–H groups in total. The average molecular weight is 519 g/mol. The summed E-state index contributed by atoms with van der Waals surface area (Å²) < 4.78 is 53.9. The molecule has 35 heavy (non-hydrogen) atoms. The first-order valence-corrected chi connectivity index (χ1v) is 12.2. The topological polar surface area (TPSA) is 110 Å². The number of nitrogens with one attached hydrogen (secondary N) is 1. The molecule has 0 bridgehead atoms. The van der Waals surface area contributed by atoms with E-state index in [1.807, 2.05) is 0 Å². The van der Waals surface area contributed by atoms with Crippen molar-refractivity contribution in [3.8, 4) is 0 Å². The van der Waals surface area contributed by atoms with E-state index in [1.165, 1.54) is 19.1 Å². The smallest absolute Gasteiger partial charge is 0.270 e. The van der Waals surface area contributed by atoms with Crippen LogP contribution in [0.25, 0.3) is 5.65 Å². The SMILES string of the molecule is CC(=O)c1cc(C(=O)NCc2ccc(F)c(F)c2)nc2c(S(=O)(=O)Cc3ccccc3Cl)cnn12. The van der Waals surface area contributed by atoms with E-state index in [2.05, 4.69) is 15.4 Å². The van der Waals surface area contributed by atoms with Crippen LogP contribution in [0.3, 0.4) is 0 Å². The maximum atomic E-state index is 13.4. The lowest BCUT2D eigenvalue weighted by atomic mass is 10.2. The normalized spacial score (nSPS) is 11.5. The molecule has 0 fully saturated rings. The molecule has 0 saturated carbocycles. The van der Waals surface area contributed by atoms with Gasteiger partial charge in [0, 0.05) is 18.5 Å². The molecule has 0 spiro atoms. The van der Waals surface area contributed by atoms with Gasteiger partial charge in [0.05, 0.1) is 11.9 Å². The molecule has 0 aliphatic rings. The lowest BCUT2D eigenvalue weighted by molar-refractivity contribution is 0.0946. The van der Waals surface area contributed by atoms with Crippen LogP contribution < -0.4 is 5.32 Å². The number of ketones is 1. The Balaban J connectivity index is 1.71. The summed E-state index contributed by atoms with van der Waals surface area (Å²) in [5, 5.41) is 6.75. The molecule has 12 heteroatoms. The Morgan fingerprint density at radius 3 is 2.51 bits per heavy atom. The van der Waals surface area contributed by atoms with Gasteiger partial charge >= 0.3 is 0 Å². The van der Waals surface area contributed by atoms with Gasteiger partial charge in [-0.3, -0.25) is 9.59 Å². The Morgan fingerprint density at radius 2 is 1.83 bits per heavy atom. The van der Waals surface area contributed by atoms with Crippen LogP contribution >= 0.6 is 11.6 Å². The van der Waals surface area contributed by atoms with Crippen LogP contribution in [0.4, 0.5) is 8.78 Å². The largest absolute Gasteiger partial charge is 0.347 e. The maximum absolute atomic E-state index is 13.4. The van der Waals surface area contributed by atoms with Gasteiger partial charge in [-0.2, -0.15) is 5.10 Å². The number of carbonyl (C=O) groups excluding carboxylic acids is 2. The van der Waals surface area contributed by atoms with Crippen molar-refractivity contribution in [1.82, 2.24) is 19.9 Å². The second kappa shape index (κ2) is 9.51. The number of hydrogen-bond donors (Lipinski definition) is 1. The third-order valence-corrected chi connectivity index (χ3v) is 7.13. The molecule has 4 rings (SSSR count). The number of carbonyl (C=O) groups is 2.